The molecular formula is C77H89NP2. The Labute approximate surface area is 486 Å². The number of hydrogen-bond acceptors (Lipinski definition) is 1. The quantitative estimate of drug-likeness (QED) is 0.144. The van der Waals surface area contributed by atoms with E-state index in [1.54, 1.807) is 0 Å². The predicted octanol–water partition coefficient (Wildman–Crippen LogP) is 22.1. The lowest BCUT2D eigenvalue weighted by atomic mass is 9.94. The minimum Gasteiger partial charge on any atom is -0.377 e. The van der Waals surface area contributed by atoms with E-state index in [0.29, 0.717) is 10.3 Å². The zero-order valence-corrected chi connectivity index (χ0v) is 53.1. The molecule has 0 saturated carbocycles. The second-order valence-electron chi connectivity index (χ2n) is 25.3. The van der Waals surface area contributed by atoms with Crippen LogP contribution in [0.4, 0.5) is 5.69 Å². The summed E-state index contributed by atoms with van der Waals surface area (Å²) in [6, 6.07) is 82.9. The van der Waals surface area contributed by atoms with Gasteiger partial charge in [-0.15, -0.1) is 0 Å². The van der Waals surface area contributed by atoms with Crippen molar-refractivity contribution < 1.29 is 0 Å². The average molecular weight is 1090 g/mol. The molecule has 0 fully saturated rings. The van der Waals surface area contributed by atoms with Crippen molar-refractivity contribution in [2.24, 2.45) is 0 Å². The maximum absolute atomic E-state index is 2.42. The average Bonchev–Trinajstić information content (AvgIpc) is 3.42. The fourth-order valence-corrected chi connectivity index (χ4v) is 20.2. The minimum absolute atomic E-state index is 0.218. The normalized spacial score (nSPS) is 11.8. The van der Waals surface area contributed by atoms with Gasteiger partial charge in [-0.1, -0.05) is 323 Å². The summed E-state index contributed by atoms with van der Waals surface area (Å²) in [7, 11) is 3.47. The van der Waals surface area contributed by atoms with Crippen LogP contribution in [0.2, 0.25) is 0 Å². The smallest absolute Gasteiger partial charge is 0.0440 e. The van der Waals surface area contributed by atoms with Crippen LogP contribution in [0.3, 0.4) is 0 Å². The molecule has 10 aromatic carbocycles. The molecular weight excluding hydrogens is 1000 g/mol. The van der Waals surface area contributed by atoms with E-state index < -0.39 is 7.92 Å². The summed E-state index contributed by atoms with van der Waals surface area (Å²) in [5, 5.41) is 9.39. The van der Waals surface area contributed by atoms with Crippen molar-refractivity contribution in [2.45, 2.75) is 124 Å². The Hall–Kier alpha value is -6.62. The summed E-state index contributed by atoms with van der Waals surface area (Å²) in [5.41, 5.74) is 16.0. The van der Waals surface area contributed by atoms with Crippen LogP contribution >= 0.6 is 15.8 Å². The van der Waals surface area contributed by atoms with Gasteiger partial charge < -0.3 is 4.90 Å². The minimum atomic E-state index is -0.411. The number of para-hydroxylation sites is 1. The molecule has 0 unspecified atom stereocenters. The number of anilines is 1. The van der Waals surface area contributed by atoms with Crippen LogP contribution in [0, 0.1) is 20.8 Å². The third kappa shape index (κ3) is 15.0. The number of nitrogens with zero attached hydrogens (tertiary/aromatic N) is 1. The molecule has 0 amide bonds. The lowest BCUT2D eigenvalue weighted by Crippen LogP contribution is -2.32. The fraction of sp³-hybridized carbons (Fsp3) is 0.273. The van der Waals surface area contributed by atoms with Crippen LogP contribution < -0.4 is 15.5 Å². The van der Waals surface area contributed by atoms with Gasteiger partial charge in [0.05, 0.1) is 0 Å². The monoisotopic (exact) mass is 1090 g/mol. The van der Waals surface area contributed by atoms with Crippen LogP contribution in [-0.2, 0) is 0 Å². The molecule has 0 saturated heterocycles. The van der Waals surface area contributed by atoms with Crippen molar-refractivity contribution in [3.8, 4) is 44.5 Å². The first-order valence-corrected chi connectivity index (χ1v) is 31.2. The zero-order valence-electron chi connectivity index (χ0n) is 51.3. The van der Waals surface area contributed by atoms with Gasteiger partial charge in [0.2, 0.25) is 0 Å². The maximum atomic E-state index is 2.42. The van der Waals surface area contributed by atoms with E-state index in [0.717, 1.165) is 0 Å². The van der Waals surface area contributed by atoms with Crippen LogP contribution in [0.25, 0.3) is 66.1 Å². The summed E-state index contributed by atoms with van der Waals surface area (Å²) < 4.78 is 0. The molecule has 0 spiro atoms. The zero-order chi connectivity index (χ0) is 58.0. The van der Waals surface area contributed by atoms with Gasteiger partial charge in [0.15, 0.2) is 0 Å². The Morgan fingerprint density at radius 2 is 0.625 bits per heavy atom. The second-order valence-corrected chi connectivity index (χ2v) is 33.0. The third-order valence-electron chi connectivity index (χ3n) is 14.5. The van der Waals surface area contributed by atoms with E-state index in [9.17, 15) is 0 Å². The highest BCUT2D eigenvalue weighted by molar-refractivity contribution is 7.69. The predicted molar refractivity (Wildman–Crippen MR) is 363 cm³/mol. The Morgan fingerprint density at radius 1 is 0.275 bits per heavy atom. The van der Waals surface area contributed by atoms with Crippen molar-refractivity contribution >= 4 is 53.7 Å². The van der Waals surface area contributed by atoms with Crippen LogP contribution in [0.1, 0.15) is 99.8 Å². The van der Waals surface area contributed by atoms with Crippen molar-refractivity contribution in [2.75, 3.05) is 19.0 Å². The molecule has 0 atom stereocenters. The van der Waals surface area contributed by atoms with Crippen LogP contribution in [0.15, 0.2) is 231 Å². The van der Waals surface area contributed by atoms with Gasteiger partial charge in [-0.05, 0) is 135 Å². The largest absolute Gasteiger partial charge is 0.377 e. The first-order chi connectivity index (χ1) is 37.9. The van der Waals surface area contributed by atoms with Crippen molar-refractivity contribution in [3.05, 3.63) is 247 Å². The molecule has 0 N–H and O–H groups in total. The highest BCUT2D eigenvalue weighted by Crippen LogP contribution is 2.61. The molecule has 412 valence electrons. The van der Waals surface area contributed by atoms with E-state index in [1.807, 2.05) is 0 Å². The van der Waals surface area contributed by atoms with Crippen LogP contribution in [-0.4, -0.2) is 34.7 Å². The second kappa shape index (κ2) is 26.3. The third-order valence-corrected chi connectivity index (χ3v) is 21.6. The standard InChI is InChI=1S/C28H31P.C20H27P.C15H17N.C14H14/c1-27(2,3)29(28(4,5)6)25-19-18-21-13-8-10-16-23(21)26(25)24-17-11-14-20-12-7-9-15-22(20)24;1-19(2,3)21(20(4,5)6)18-15-11-10-14-17(18)16-12-8-7-9-13-16;1-12-8-4-5-9-13(12)14-10-6-7-11-15(14)16(2)3;1-11-7-3-5-9-13(11)14-10-6-4-8-12(14)2/h7-19H,1-6H3;7-15H,1-6H3;4-11H,1-3H3;3-10H,1-2H3. The van der Waals surface area contributed by atoms with E-state index in [4.69, 9.17) is 0 Å². The Bertz CT molecular complexity index is 3540. The van der Waals surface area contributed by atoms with Gasteiger partial charge in [-0.25, -0.2) is 0 Å². The maximum Gasteiger partial charge on any atom is 0.0440 e. The van der Waals surface area contributed by atoms with Gasteiger partial charge in [0, 0.05) is 25.3 Å². The summed E-state index contributed by atoms with van der Waals surface area (Å²) in [6.45, 7) is 35.2. The molecule has 80 heavy (non-hydrogen) atoms. The summed E-state index contributed by atoms with van der Waals surface area (Å²) in [5.74, 6) is 0. The van der Waals surface area contributed by atoms with E-state index in [1.165, 1.54) is 99.0 Å². The lowest BCUT2D eigenvalue weighted by molar-refractivity contribution is 0.714. The summed E-state index contributed by atoms with van der Waals surface area (Å²) in [4.78, 5) is 2.15. The van der Waals surface area contributed by atoms with Crippen LogP contribution in [0.5, 0.6) is 0 Å². The molecule has 0 aliphatic carbocycles. The molecule has 10 rings (SSSR count). The van der Waals surface area contributed by atoms with Crippen molar-refractivity contribution in [1.82, 2.24) is 0 Å². The van der Waals surface area contributed by atoms with Crippen molar-refractivity contribution in [3.63, 3.8) is 0 Å². The molecule has 3 heteroatoms. The first-order valence-electron chi connectivity index (χ1n) is 28.6. The van der Waals surface area contributed by atoms with Gasteiger partial charge in [-0.2, -0.15) is 0 Å². The molecule has 0 radical (unpaired) electrons. The first kappa shape index (κ1) is 61.0. The van der Waals surface area contributed by atoms with E-state index >= 15 is 0 Å². The Balaban J connectivity index is 0.000000161. The Kier molecular flexibility index (Phi) is 20.1. The Morgan fingerprint density at radius 3 is 1.11 bits per heavy atom. The molecule has 0 aliphatic rings. The molecule has 1 nitrogen and oxygen atoms in total. The van der Waals surface area contributed by atoms with Crippen molar-refractivity contribution in [1.29, 1.82) is 0 Å². The molecule has 0 aliphatic heterocycles. The van der Waals surface area contributed by atoms with Gasteiger partial charge in [0.1, 0.15) is 0 Å². The number of benzene rings is 10. The number of fused-ring (bicyclic) bond motifs is 2. The highest BCUT2D eigenvalue weighted by Gasteiger charge is 2.38. The van der Waals surface area contributed by atoms with E-state index in [-0.39, 0.29) is 18.2 Å². The summed E-state index contributed by atoms with van der Waals surface area (Å²) in [6.07, 6.45) is 0. The number of hydrogen-bond donors (Lipinski definition) is 0. The topological polar surface area (TPSA) is 3.24 Å². The van der Waals surface area contributed by atoms with Gasteiger partial charge in [0.25, 0.3) is 0 Å². The molecule has 0 heterocycles. The summed E-state index contributed by atoms with van der Waals surface area (Å²) >= 11 is 0. The fourth-order valence-electron chi connectivity index (χ4n) is 11.9. The van der Waals surface area contributed by atoms with E-state index in [2.05, 4.69) is 353 Å². The molecule has 0 aromatic heterocycles. The SMILES string of the molecule is CC(C)(C)P(c1ccc2ccccc2c1-c1cccc2ccccc12)C(C)(C)C.CC(C)(C)P(c1ccccc1-c1ccccc1)C(C)(C)C.Cc1ccccc1-c1ccccc1C.Cc1ccccc1-c1ccccc1N(C)C. The van der Waals surface area contributed by atoms with Gasteiger partial charge in [-0.3, -0.25) is 0 Å². The number of rotatable bonds is 7. The van der Waals surface area contributed by atoms with Gasteiger partial charge >= 0.3 is 0 Å². The highest BCUT2D eigenvalue weighted by atomic mass is 31.1. The molecule has 10 aromatic rings. The lowest BCUT2D eigenvalue weighted by Gasteiger charge is -2.43. The number of aryl methyl sites for hydroxylation is 3. The molecule has 0 bridgehead atoms.